The Morgan fingerprint density at radius 3 is 2.54 bits per heavy atom. The number of amides is 1. The van der Waals surface area contributed by atoms with Crippen molar-refractivity contribution in [1.82, 2.24) is 9.88 Å². The quantitative estimate of drug-likeness (QED) is 0.834. The molecule has 24 heavy (non-hydrogen) atoms. The van der Waals surface area contributed by atoms with Gasteiger partial charge in [-0.1, -0.05) is 36.8 Å². The van der Waals surface area contributed by atoms with Gasteiger partial charge in [-0.15, -0.1) is 11.3 Å². The molecule has 0 saturated heterocycles. The fourth-order valence-electron chi connectivity index (χ4n) is 2.33. The molecule has 0 aliphatic carbocycles. The highest BCUT2D eigenvalue weighted by atomic mass is 32.1. The Hall–Kier alpha value is -2.21. The first kappa shape index (κ1) is 18.1. The molecule has 1 aromatic heterocycles. The lowest BCUT2D eigenvalue weighted by molar-refractivity contribution is -0.145. The molecule has 1 amide bonds. The van der Waals surface area contributed by atoms with Gasteiger partial charge in [0.1, 0.15) is 11.6 Å². The lowest BCUT2D eigenvalue weighted by Gasteiger charge is -2.26. The molecule has 1 N–H and O–H groups in total. The van der Waals surface area contributed by atoms with E-state index in [1.807, 2.05) is 50.4 Å². The molecule has 0 saturated carbocycles. The molecule has 2 rings (SSSR count). The van der Waals surface area contributed by atoms with Gasteiger partial charge in [0.25, 0.3) is 0 Å². The van der Waals surface area contributed by atoms with Gasteiger partial charge < -0.3 is 10.0 Å². The van der Waals surface area contributed by atoms with Gasteiger partial charge in [0.15, 0.2) is 0 Å². The van der Waals surface area contributed by atoms with Crippen LogP contribution in [-0.4, -0.2) is 39.5 Å². The average molecular weight is 346 g/mol. The number of hydrogen-bond acceptors (Lipinski definition) is 4. The third-order valence-corrected chi connectivity index (χ3v) is 4.87. The van der Waals surface area contributed by atoms with Gasteiger partial charge in [-0.05, 0) is 20.3 Å². The van der Waals surface area contributed by atoms with E-state index in [-0.39, 0.29) is 24.9 Å². The number of hydrogen-bond donors (Lipinski definition) is 1. The van der Waals surface area contributed by atoms with Crippen LogP contribution in [0.2, 0.25) is 0 Å². The topological polar surface area (TPSA) is 70.5 Å². The second-order valence-electron chi connectivity index (χ2n) is 5.86. The lowest BCUT2D eigenvalue weighted by atomic mass is 10.1. The molecular weight excluding hydrogens is 324 g/mol. The summed E-state index contributed by atoms with van der Waals surface area (Å²) in [6.45, 7) is 5.55. The van der Waals surface area contributed by atoms with Gasteiger partial charge in [-0.2, -0.15) is 0 Å². The van der Waals surface area contributed by atoms with Gasteiger partial charge >= 0.3 is 5.97 Å². The summed E-state index contributed by atoms with van der Waals surface area (Å²) >= 11 is 1.49. The Kier molecular flexibility index (Phi) is 6.09. The first-order chi connectivity index (χ1) is 11.4. The third-order valence-electron chi connectivity index (χ3n) is 3.93. The summed E-state index contributed by atoms with van der Waals surface area (Å²) in [4.78, 5) is 29.4. The number of aryl methyl sites for hydroxylation is 1. The Morgan fingerprint density at radius 1 is 1.29 bits per heavy atom. The number of carbonyl (C=O) groups is 2. The summed E-state index contributed by atoms with van der Waals surface area (Å²) in [5.41, 5.74) is 2.89. The number of aromatic nitrogens is 1. The number of thiazole rings is 1. The van der Waals surface area contributed by atoms with E-state index in [1.54, 1.807) is 0 Å². The Labute approximate surface area is 146 Å². The van der Waals surface area contributed by atoms with Crippen LogP contribution < -0.4 is 0 Å². The molecule has 0 aliphatic rings. The highest BCUT2D eigenvalue weighted by molar-refractivity contribution is 7.13. The lowest BCUT2D eigenvalue weighted by Crippen LogP contribution is -2.42. The van der Waals surface area contributed by atoms with Crippen molar-refractivity contribution in [2.24, 2.45) is 0 Å². The molecule has 0 radical (unpaired) electrons. The summed E-state index contributed by atoms with van der Waals surface area (Å²) in [7, 11) is 0. The first-order valence-electron chi connectivity index (χ1n) is 7.93. The summed E-state index contributed by atoms with van der Waals surface area (Å²) < 4.78 is 0. The van der Waals surface area contributed by atoms with Crippen molar-refractivity contribution >= 4 is 23.2 Å². The second kappa shape index (κ2) is 8.06. The van der Waals surface area contributed by atoms with Crippen molar-refractivity contribution in [3.8, 4) is 10.6 Å². The smallest absolute Gasteiger partial charge is 0.323 e. The van der Waals surface area contributed by atoms with Crippen LogP contribution in [0.3, 0.4) is 0 Å². The fraction of sp³-hybridized carbons (Fsp3) is 0.389. The maximum atomic E-state index is 12.5. The van der Waals surface area contributed by atoms with Crippen molar-refractivity contribution in [1.29, 1.82) is 0 Å². The molecule has 0 aliphatic heterocycles. The predicted octanol–water partition coefficient (Wildman–Crippen LogP) is 3.37. The van der Waals surface area contributed by atoms with E-state index in [4.69, 9.17) is 5.11 Å². The SMILES string of the molecule is CCC(C)N(CC(=O)O)C(=O)Cc1csc(-c2ccc(C)cc2)n1. The number of carboxylic acids is 1. The maximum absolute atomic E-state index is 12.5. The van der Waals surface area contributed by atoms with Crippen molar-refractivity contribution in [3.63, 3.8) is 0 Å². The number of rotatable bonds is 7. The van der Waals surface area contributed by atoms with Gasteiger partial charge in [-0.3, -0.25) is 9.59 Å². The first-order valence-corrected chi connectivity index (χ1v) is 8.81. The number of benzene rings is 1. The van der Waals surface area contributed by atoms with Gasteiger partial charge in [-0.25, -0.2) is 4.98 Å². The molecule has 0 bridgehead atoms. The molecule has 1 heterocycles. The maximum Gasteiger partial charge on any atom is 0.323 e. The van der Waals surface area contributed by atoms with E-state index in [2.05, 4.69) is 4.98 Å². The summed E-state index contributed by atoms with van der Waals surface area (Å²) in [5.74, 6) is -1.20. The molecule has 2 aromatic rings. The highest BCUT2D eigenvalue weighted by Crippen LogP contribution is 2.24. The second-order valence-corrected chi connectivity index (χ2v) is 6.72. The molecule has 0 spiro atoms. The normalized spacial score (nSPS) is 12.0. The number of carboxylic acid groups (broad SMARTS) is 1. The Balaban J connectivity index is 2.11. The molecule has 0 fully saturated rings. The van der Waals surface area contributed by atoms with E-state index in [0.29, 0.717) is 12.1 Å². The molecule has 128 valence electrons. The number of aliphatic carboxylic acids is 1. The van der Waals surface area contributed by atoms with Crippen LogP contribution >= 0.6 is 11.3 Å². The Morgan fingerprint density at radius 2 is 1.96 bits per heavy atom. The molecule has 5 nitrogen and oxygen atoms in total. The molecule has 1 unspecified atom stereocenters. The van der Waals surface area contributed by atoms with Crippen molar-refractivity contribution in [2.75, 3.05) is 6.54 Å². The van der Waals surface area contributed by atoms with Crippen molar-refractivity contribution < 1.29 is 14.7 Å². The zero-order valence-corrected chi connectivity index (χ0v) is 15.0. The molecule has 1 atom stereocenters. The molecule has 6 heteroatoms. The minimum atomic E-state index is -0.998. The summed E-state index contributed by atoms with van der Waals surface area (Å²) in [5, 5.41) is 11.7. The van der Waals surface area contributed by atoms with Crippen molar-refractivity contribution in [3.05, 3.63) is 40.9 Å². The average Bonchev–Trinajstić information content (AvgIpc) is 3.00. The van der Waals surface area contributed by atoms with E-state index < -0.39 is 5.97 Å². The minimum absolute atomic E-state index is 0.108. The fourth-order valence-corrected chi connectivity index (χ4v) is 3.16. The van der Waals surface area contributed by atoms with E-state index >= 15 is 0 Å². The van der Waals surface area contributed by atoms with E-state index in [0.717, 1.165) is 10.6 Å². The summed E-state index contributed by atoms with van der Waals surface area (Å²) in [6.07, 6.45) is 0.838. The minimum Gasteiger partial charge on any atom is -0.480 e. The van der Waals surface area contributed by atoms with E-state index in [1.165, 1.54) is 21.8 Å². The standard InChI is InChI=1S/C18H22N2O3S/c1-4-13(3)20(10-17(22)23)16(21)9-15-11-24-18(19-15)14-7-5-12(2)6-8-14/h5-8,11,13H,4,9-10H2,1-3H3,(H,22,23). The van der Waals surface area contributed by atoms with Crippen molar-refractivity contribution in [2.45, 2.75) is 39.7 Å². The highest BCUT2D eigenvalue weighted by Gasteiger charge is 2.22. The zero-order valence-electron chi connectivity index (χ0n) is 14.2. The predicted molar refractivity (Wildman–Crippen MR) is 95.1 cm³/mol. The largest absolute Gasteiger partial charge is 0.480 e. The third kappa shape index (κ3) is 4.64. The van der Waals surface area contributed by atoms with Gasteiger partial charge in [0, 0.05) is 17.0 Å². The number of nitrogens with zero attached hydrogens (tertiary/aromatic N) is 2. The zero-order chi connectivity index (χ0) is 17.7. The summed E-state index contributed by atoms with van der Waals surface area (Å²) in [6, 6.07) is 7.97. The van der Waals surface area contributed by atoms with Crippen LogP contribution in [-0.2, 0) is 16.0 Å². The molecular formula is C18H22N2O3S. The van der Waals surface area contributed by atoms with Crippen LogP contribution in [0.15, 0.2) is 29.6 Å². The van der Waals surface area contributed by atoms with Crippen LogP contribution in [0.4, 0.5) is 0 Å². The van der Waals surface area contributed by atoms with Crippen LogP contribution in [0.25, 0.3) is 10.6 Å². The monoisotopic (exact) mass is 346 g/mol. The van der Waals surface area contributed by atoms with Gasteiger partial charge in [0.2, 0.25) is 5.91 Å². The van der Waals surface area contributed by atoms with Gasteiger partial charge in [0.05, 0.1) is 12.1 Å². The number of carbonyl (C=O) groups excluding carboxylic acids is 1. The van der Waals surface area contributed by atoms with Crippen LogP contribution in [0.5, 0.6) is 0 Å². The van der Waals surface area contributed by atoms with E-state index in [9.17, 15) is 9.59 Å². The van der Waals surface area contributed by atoms with Crippen LogP contribution in [0.1, 0.15) is 31.5 Å². The van der Waals surface area contributed by atoms with Crippen LogP contribution in [0, 0.1) is 6.92 Å². The Bertz CT molecular complexity index is 709. The molecule has 1 aromatic carbocycles.